The van der Waals surface area contributed by atoms with Crippen LogP contribution in [0.1, 0.15) is 59.6 Å². The SMILES string of the molecule is Cc1c(-c2cc3c4c(c2)C(C)(C)c2ccccc2CCC(C4)c2ccccc2-3)cc2c3ccccc3c(=O)n3c4ccccc4c1c23. The molecule has 0 saturated heterocycles. The van der Waals surface area contributed by atoms with Crippen molar-refractivity contribution in [2.45, 2.75) is 51.4 Å². The molecule has 226 valence electrons. The quantitative estimate of drug-likeness (QED) is 0.171. The van der Waals surface area contributed by atoms with E-state index in [-0.39, 0.29) is 11.0 Å². The van der Waals surface area contributed by atoms with Crippen molar-refractivity contribution in [3.8, 4) is 22.3 Å². The van der Waals surface area contributed by atoms with Gasteiger partial charge in [0.15, 0.2) is 0 Å². The summed E-state index contributed by atoms with van der Waals surface area (Å²) in [5.41, 5.74) is 15.7. The van der Waals surface area contributed by atoms with Crippen LogP contribution in [0.3, 0.4) is 0 Å². The van der Waals surface area contributed by atoms with Gasteiger partial charge in [0.2, 0.25) is 0 Å². The van der Waals surface area contributed by atoms with Gasteiger partial charge in [-0.05, 0) is 123 Å². The van der Waals surface area contributed by atoms with Crippen molar-refractivity contribution in [3.63, 3.8) is 0 Å². The van der Waals surface area contributed by atoms with E-state index >= 15 is 0 Å². The van der Waals surface area contributed by atoms with Crippen molar-refractivity contribution in [2.75, 3.05) is 0 Å². The summed E-state index contributed by atoms with van der Waals surface area (Å²) in [6, 6.07) is 42.2. The molecule has 8 aromatic rings. The van der Waals surface area contributed by atoms with Crippen molar-refractivity contribution in [1.82, 2.24) is 4.40 Å². The Morgan fingerprint density at radius 2 is 1.40 bits per heavy atom. The van der Waals surface area contributed by atoms with Gasteiger partial charge < -0.3 is 0 Å². The minimum Gasteiger partial charge on any atom is -0.275 e. The summed E-state index contributed by atoms with van der Waals surface area (Å²) in [5, 5.41) is 5.23. The summed E-state index contributed by atoms with van der Waals surface area (Å²) in [6.07, 6.45) is 3.33. The summed E-state index contributed by atoms with van der Waals surface area (Å²) in [7, 11) is 0. The predicted molar refractivity (Wildman–Crippen MR) is 196 cm³/mol. The van der Waals surface area contributed by atoms with Crippen LogP contribution in [-0.2, 0) is 18.3 Å². The Balaban J connectivity index is 1.37. The lowest BCUT2D eigenvalue weighted by Crippen LogP contribution is -2.24. The Morgan fingerprint density at radius 3 is 2.28 bits per heavy atom. The molecule has 2 nitrogen and oxygen atoms in total. The molecule has 0 spiro atoms. The number of hydrogen-bond donors (Lipinski definition) is 0. The molecule has 1 unspecified atom stereocenters. The van der Waals surface area contributed by atoms with Crippen molar-refractivity contribution in [3.05, 3.63) is 159 Å². The number of aryl methyl sites for hydroxylation is 2. The van der Waals surface area contributed by atoms with Crippen LogP contribution in [0.2, 0.25) is 0 Å². The number of pyridine rings is 1. The maximum absolute atomic E-state index is 14.0. The first-order valence-electron chi connectivity index (χ1n) is 17.0. The lowest BCUT2D eigenvalue weighted by Gasteiger charge is -2.35. The van der Waals surface area contributed by atoms with Crippen LogP contribution in [0.15, 0.2) is 120 Å². The number of aromatic nitrogens is 1. The van der Waals surface area contributed by atoms with Gasteiger partial charge in [0.25, 0.3) is 5.56 Å². The minimum atomic E-state index is -0.167. The van der Waals surface area contributed by atoms with Gasteiger partial charge in [-0.15, -0.1) is 0 Å². The second-order valence-electron chi connectivity index (χ2n) is 14.4. The first-order valence-corrected chi connectivity index (χ1v) is 17.0. The highest BCUT2D eigenvalue weighted by Gasteiger charge is 2.36. The average molecular weight is 606 g/mol. The maximum Gasteiger partial charge on any atom is 0.263 e. The molecule has 2 heteroatoms. The van der Waals surface area contributed by atoms with Gasteiger partial charge in [-0.1, -0.05) is 98.8 Å². The molecule has 2 aliphatic carbocycles. The van der Waals surface area contributed by atoms with Crippen LogP contribution < -0.4 is 5.56 Å². The normalized spacial score (nSPS) is 16.6. The second kappa shape index (κ2) is 9.42. The zero-order valence-corrected chi connectivity index (χ0v) is 27.0. The van der Waals surface area contributed by atoms with E-state index in [2.05, 4.69) is 118 Å². The van der Waals surface area contributed by atoms with Crippen molar-refractivity contribution in [1.29, 1.82) is 0 Å². The van der Waals surface area contributed by atoms with Crippen LogP contribution in [-0.4, -0.2) is 4.40 Å². The van der Waals surface area contributed by atoms with Gasteiger partial charge in [-0.2, -0.15) is 0 Å². The maximum atomic E-state index is 14.0. The smallest absolute Gasteiger partial charge is 0.263 e. The van der Waals surface area contributed by atoms with E-state index in [1.807, 2.05) is 22.6 Å². The highest BCUT2D eigenvalue weighted by atomic mass is 16.1. The van der Waals surface area contributed by atoms with E-state index < -0.39 is 0 Å². The molecule has 10 rings (SSSR count). The highest BCUT2D eigenvalue weighted by molar-refractivity contribution is 6.23. The fourth-order valence-electron chi connectivity index (χ4n) is 9.45. The third-order valence-corrected chi connectivity index (χ3v) is 11.7. The zero-order valence-electron chi connectivity index (χ0n) is 27.0. The largest absolute Gasteiger partial charge is 0.275 e. The standard InChI is InChI=1S/C45H35NO/c1-26-35(25-38-32-15-7-8-16-33(32)44(47)46-41-19-11-9-17-34(41)42(26)43(38)46)29-23-36-31-14-6-5-13-30(31)28-21-20-27-12-4-10-18-39(27)45(2,3)40(24-29)37(36)22-28/h4-19,23-25,28H,20-22H2,1-3H3. The molecule has 6 aromatic carbocycles. The molecular formula is C45H35NO. The van der Waals surface area contributed by atoms with Crippen LogP contribution >= 0.6 is 0 Å². The molecule has 2 aromatic heterocycles. The summed E-state index contributed by atoms with van der Waals surface area (Å²) >= 11 is 0. The Morgan fingerprint density at radius 1 is 0.681 bits per heavy atom. The monoisotopic (exact) mass is 605 g/mol. The first-order chi connectivity index (χ1) is 22.9. The van der Waals surface area contributed by atoms with E-state index in [4.69, 9.17) is 0 Å². The van der Waals surface area contributed by atoms with E-state index in [0.29, 0.717) is 5.92 Å². The Bertz CT molecular complexity index is 2670. The van der Waals surface area contributed by atoms with Gasteiger partial charge in [0.05, 0.1) is 11.0 Å². The van der Waals surface area contributed by atoms with E-state index in [0.717, 1.165) is 51.8 Å². The summed E-state index contributed by atoms with van der Waals surface area (Å²) in [6.45, 7) is 7.12. The fourth-order valence-corrected chi connectivity index (χ4v) is 9.45. The molecule has 47 heavy (non-hydrogen) atoms. The lowest BCUT2D eigenvalue weighted by atomic mass is 9.69. The number of hydrogen-bond acceptors (Lipinski definition) is 1. The van der Waals surface area contributed by atoms with Gasteiger partial charge in [-0.3, -0.25) is 9.20 Å². The third kappa shape index (κ3) is 3.53. The predicted octanol–water partition coefficient (Wildman–Crippen LogP) is 10.8. The zero-order chi connectivity index (χ0) is 31.6. The van der Waals surface area contributed by atoms with E-state index in [1.54, 1.807) is 0 Å². The average Bonchev–Trinajstić information content (AvgIpc) is 3.47. The van der Waals surface area contributed by atoms with Crippen LogP contribution in [0.25, 0.3) is 60.2 Å². The molecule has 2 heterocycles. The molecule has 0 N–H and O–H groups in total. The highest BCUT2D eigenvalue weighted by Crippen LogP contribution is 2.51. The molecule has 0 aliphatic heterocycles. The molecule has 0 radical (unpaired) electrons. The van der Waals surface area contributed by atoms with Crippen LogP contribution in [0, 0.1) is 6.92 Å². The summed E-state index contributed by atoms with van der Waals surface area (Å²) in [4.78, 5) is 14.0. The molecule has 0 amide bonds. The third-order valence-electron chi connectivity index (χ3n) is 11.7. The van der Waals surface area contributed by atoms with Crippen LogP contribution in [0.5, 0.6) is 0 Å². The Hall–Kier alpha value is -5.21. The summed E-state index contributed by atoms with van der Waals surface area (Å²) < 4.78 is 1.96. The van der Waals surface area contributed by atoms with Crippen molar-refractivity contribution >= 4 is 38.0 Å². The number of nitrogens with zero attached hydrogens (tertiary/aromatic N) is 1. The van der Waals surface area contributed by atoms with Crippen molar-refractivity contribution < 1.29 is 0 Å². The van der Waals surface area contributed by atoms with Gasteiger partial charge in [0, 0.05) is 27.0 Å². The minimum absolute atomic E-state index is 0.0552. The molecule has 1 atom stereocenters. The first kappa shape index (κ1) is 27.0. The van der Waals surface area contributed by atoms with Gasteiger partial charge >= 0.3 is 0 Å². The Kier molecular flexibility index (Phi) is 5.40. The molecule has 2 aliphatic rings. The fraction of sp³-hybridized carbons (Fsp3) is 0.178. The molecule has 2 bridgehead atoms. The van der Waals surface area contributed by atoms with Crippen molar-refractivity contribution in [2.24, 2.45) is 0 Å². The topological polar surface area (TPSA) is 21.5 Å². The number of benzene rings is 6. The molecule has 0 saturated carbocycles. The van der Waals surface area contributed by atoms with Gasteiger partial charge in [0.1, 0.15) is 0 Å². The van der Waals surface area contributed by atoms with E-state index in [9.17, 15) is 4.79 Å². The van der Waals surface area contributed by atoms with E-state index in [1.165, 1.54) is 61.0 Å². The lowest BCUT2D eigenvalue weighted by molar-refractivity contribution is 0.612. The second-order valence-corrected chi connectivity index (χ2v) is 14.4. The molecule has 0 fully saturated rings. The number of fused-ring (bicyclic) bond motifs is 10. The van der Waals surface area contributed by atoms with Gasteiger partial charge in [-0.25, -0.2) is 0 Å². The Labute approximate surface area is 274 Å². The number of rotatable bonds is 1. The summed E-state index contributed by atoms with van der Waals surface area (Å²) in [5.74, 6) is 0.507. The number of para-hydroxylation sites is 1. The van der Waals surface area contributed by atoms with Crippen LogP contribution in [0.4, 0.5) is 0 Å². The molecular weight excluding hydrogens is 571 g/mol.